The van der Waals surface area contributed by atoms with E-state index >= 15 is 0 Å². The molecule has 80 valence electrons. The first-order valence-corrected chi connectivity index (χ1v) is 5.42. The molecule has 0 fully saturated rings. The van der Waals surface area contributed by atoms with Crippen LogP contribution in [0.25, 0.3) is 0 Å². The maximum atomic E-state index is 8.72. The van der Waals surface area contributed by atoms with E-state index in [0.717, 1.165) is 0 Å². The molecule has 1 aromatic carbocycles. The fourth-order valence-corrected chi connectivity index (χ4v) is 1.53. The fourth-order valence-electron chi connectivity index (χ4n) is 0.949. The van der Waals surface area contributed by atoms with Crippen LogP contribution in [0.2, 0.25) is 15.1 Å². The second kappa shape index (κ2) is 5.46. The summed E-state index contributed by atoms with van der Waals surface area (Å²) in [4.78, 5) is 0. The molecular weight excluding hydrogens is 256 g/mol. The molecule has 1 unspecified atom stereocenters. The average molecular weight is 265 g/mol. The highest BCUT2D eigenvalue weighted by molar-refractivity contribution is 6.43. The molecule has 0 aromatic heterocycles. The van der Waals surface area contributed by atoms with Crippen molar-refractivity contribution >= 4 is 34.8 Å². The third-order valence-corrected chi connectivity index (χ3v) is 2.78. The zero-order valence-electron chi connectivity index (χ0n) is 7.93. The minimum Gasteiger partial charge on any atom is -0.474 e. The summed E-state index contributed by atoms with van der Waals surface area (Å²) in [5.41, 5.74) is 0. The van der Waals surface area contributed by atoms with E-state index in [1.54, 1.807) is 0 Å². The lowest BCUT2D eigenvalue weighted by Crippen LogP contribution is -2.12. The van der Waals surface area contributed by atoms with Crippen LogP contribution in [0, 0.1) is 11.3 Å². The van der Waals surface area contributed by atoms with Gasteiger partial charge in [0.2, 0.25) is 0 Å². The molecule has 0 heterocycles. The zero-order valence-corrected chi connectivity index (χ0v) is 10.2. The van der Waals surface area contributed by atoms with Crippen LogP contribution in [0.3, 0.4) is 0 Å². The minimum atomic E-state index is -0.528. The smallest absolute Gasteiger partial charge is 0.184 e. The topological polar surface area (TPSA) is 33.0 Å². The van der Waals surface area contributed by atoms with Crippen molar-refractivity contribution in [3.8, 4) is 11.8 Å². The number of hydrogen-bond acceptors (Lipinski definition) is 2. The second-order valence-corrected chi connectivity index (χ2v) is 4.06. The summed E-state index contributed by atoms with van der Waals surface area (Å²) in [6.07, 6.45) is 0.0484. The SMILES string of the molecule is CCC(C#N)Oc1cc(Cl)c(Cl)cc1Cl. The van der Waals surface area contributed by atoms with E-state index in [2.05, 4.69) is 0 Å². The molecule has 0 spiro atoms. The van der Waals surface area contributed by atoms with Crippen LogP contribution in [0.5, 0.6) is 5.75 Å². The zero-order chi connectivity index (χ0) is 11.4. The van der Waals surface area contributed by atoms with Gasteiger partial charge in [0.15, 0.2) is 6.10 Å². The van der Waals surface area contributed by atoms with Crippen molar-refractivity contribution in [3.63, 3.8) is 0 Å². The largest absolute Gasteiger partial charge is 0.474 e. The molecule has 1 atom stereocenters. The molecule has 0 aliphatic rings. The van der Waals surface area contributed by atoms with Gasteiger partial charge in [-0.15, -0.1) is 0 Å². The summed E-state index contributed by atoms with van der Waals surface area (Å²) < 4.78 is 5.34. The predicted octanol–water partition coefficient (Wildman–Crippen LogP) is 4.33. The summed E-state index contributed by atoms with van der Waals surface area (Å²) in [6, 6.07) is 5.00. The number of nitrogens with zero attached hydrogens (tertiary/aromatic N) is 1. The van der Waals surface area contributed by atoms with Crippen molar-refractivity contribution in [2.24, 2.45) is 0 Å². The molecule has 0 N–H and O–H groups in total. The lowest BCUT2D eigenvalue weighted by molar-refractivity contribution is 0.252. The molecule has 0 saturated carbocycles. The number of halogens is 3. The van der Waals surface area contributed by atoms with Gasteiger partial charge < -0.3 is 4.74 Å². The van der Waals surface area contributed by atoms with Crippen LogP contribution in [0.1, 0.15) is 13.3 Å². The summed E-state index contributed by atoms with van der Waals surface area (Å²) in [7, 11) is 0. The Morgan fingerprint density at radius 2 is 1.87 bits per heavy atom. The quantitative estimate of drug-likeness (QED) is 0.761. The van der Waals surface area contributed by atoms with Gasteiger partial charge in [0.05, 0.1) is 15.1 Å². The molecule has 2 nitrogen and oxygen atoms in total. The molecule has 0 amide bonds. The fraction of sp³-hybridized carbons (Fsp3) is 0.300. The van der Waals surface area contributed by atoms with Crippen LogP contribution in [-0.4, -0.2) is 6.10 Å². The van der Waals surface area contributed by atoms with Crippen LogP contribution >= 0.6 is 34.8 Å². The summed E-state index contributed by atoms with van der Waals surface area (Å²) >= 11 is 17.4. The van der Waals surface area contributed by atoms with Gasteiger partial charge in [-0.05, 0) is 12.5 Å². The Morgan fingerprint density at radius 3 is 2.40 bits per heavy atom. The second-order valence-electron chi connectivity index (χ2n) is 2.84. The van der Waals surface area contributed by atoms with Crippen LogP contribution in [0.15, 0.2) is 12.1 Å². The van der Waals surface area contributed by atoms with Gasteiger partial charge >= 0.3 is 0 Å². The average Bonchev–Trinajstić information content (AvgIpc) is 2.21. The molecule has 0 aliphatic heterocycles. The molecule has 0 radical (unpaired) electrons. The van der Waals surface area contributed by atoms with E-state index in [9.17, 15) is 0 Å². The molecule has 1 rings (SSSR count). The summed E-state index contributed by atoms with van der Waals surface area (Å²) in [5.74, 6) is 0.375. The molecule has 0 bridgehead atoms. The van der Waals surface area contributed by atoms with E-state index in [1.165, 1.54) is 12.1 Å². The maximum absolute atomic E-state index is 8.72. The Morgan fingerprint density at radius 1 is 1.27 bits per heavy atom. The van der Waals surface area contributed by atoms with Crippen LogP contribution in [-0.2, 0) is 0 Å². The first kappa shape index (κ1) is 12.4. The van der Waals surface area contributed by atoms with E-state index in [1.807, 2.05) is 13.0 Å². The molecule has 15 heavy (non-hydrogen) atoms. The highest BCUT2D eigenvalue weighted by atomic mass is 35.5. The van der Waals surface area contributed by atoms with E-state index in [0.29, 0.717) is 27.2 Å². The standard InChI is InChI=1S/C10H8Cl3NO/c1-2-6(5-14)15-10-4-8(12)7(11)3-9(10)13/h3-4,6H,2H2,1H3. The van der Waals surface area contributed by atoms with Gasteiger partial charge in [0.25, 0.3) is 0 Å². The van der Waals surface area contributed by atoms with Crippen molar-refractivity contribution in [2.45, 2.75) is 19.4 Å². The monoisotopic (exact) mass is 263 g/mol. The van der Waals surface area contributed by atoms with Gasteiger partial charge in [-0.25, -0.2) is 0 Å². The molecule has 5 heteroatoms. The summed E-state index contributed by atoms with van der Waals surface area (Å²) in [5, 5.41) is 9.78. The van der Waals surface area contributed by atoms with Crippen molar-refractivity contribution < 1.29 is 4.74 Å². The van der Waals surface area contributed by atoms with Gasteiger partial charge in [-0.2, -0.15) is 5.26 Å². The van der Waals surface area contributed by atoms with E-state index < -0.39 is 6.10 Å². The number of benzene rings is 1. The number of nitriles is 1. The Labute approximate surface area is 103 Å². The van der Waals surface area contributed by atoms with Crippen LogP contribution in [0.4, 0.5) is 0 Å². The van der Waals surface area contributed by atoms with Crippen molar-refractivity contribution in [1.29, 1.82) is 5.26 Å². The Kier molecular flexibility index (Phi) is 4.53. The Balaban J connectivity index is 2.96. The number of hydrogen-bond donors (Lipinski definition) is 0. The normalized spacial score (nSPS) is 11.9. The molecule has 1 aromatic rings. The third-order valence-electron chi connectivity index (χ3n) is 1.76. The number of rotatable bonds is 3. The van der Waals surface area contributed by atoms with Crippen LogP contribution < -0.4 is 4.74 Å². The van der Waals surface area contributed by atoms with Gasteiger partial charge in [-0.1, -0.05) is 41.7 Å². The van der Waals surface area contributed by atoms with Crippen molar-refractivity contribution in [3.05, 3.63) is 27.2 Å². The van der Waals surface area contributed by atoms with Gasteiger partial charge in [-0.3, -0.25) is 0 Å². The van der Waals surface area contributed by atoms with Gasteiger partial charge in [0, 0.05) is 6.07 Å². The molecule has 0 aliphatic carbocycles. The predicted molar refractivity (Wildman–Crippen MR) is 61.8 cm³/mol. The van der Waals surface area contributed by atoms with Crippen molar-refractivity contribution in [2.75, 3.05) is 0 Å². The van der Waals surface area contributed by atoms with E-state index in [4.69, 9.17) is 44.8 Å². The summed E-state index contributed by atoms with van der Waals surface area (Å²) in [6.45, 7) is 1.85. The first-order chi connectivity index (χ1) is 7.08. The minimum absolute atomic E-state index is 0.345. The Hall–Kier alpha value is -0.620. The molecule has 0 saturated heterocycles. The maximum Gasteiger partial charge on any atom is 0.184 e. The van der Waals surface area contributed by atoms with Crippen molar-refractivity contribution in [1.82, 2.24) is 0 Å². The highest BCUT2D eigenvalue weighted by Gasteiger charge is 2.11. The highest BCUT2D eigenvalue weighted by Crippen LogP contribution is 2.34. The lowest BCUT2D eigenvalue weighted by atomic mass is 10.3. The molecular formula is C10H8Cl3NO. The van der Waals surface area contributed by atoms with E-state index in [-0.39, 0.29) is 0 Å². The number of ether oxygens (including phenoxy) is 1. The third kappa shape index (κ3) is 3.17. The van der Waals surface area contributed by atoms with Gasteiger partial charge in [0.1, 0.15) is 11.8 Å². The first-order valence-electron chi connectivity index (χ1n) is 4.29. The Bertz CT molecular complexity index is 400. The lowest BCUT2D eigenvalue weighted by Gasteiger charge is -2.12.